The summed E-state index contributed by atoms with van der Waals surface area (Å²) in [6.45, 7) is 5.12. The molecule has 2 nitrogen and oxygen atoms in total. The summed E-state index contributed by atoms with van der Waals surface area (Å²) in [5, 5.41) is 2.07. The Hall–Kier alpha value is -0.0800. The maximum Gasteiger partial charge on any atom is 0.0656 e. The first-order chi connectivity index (χ1) is 4.43. The lowest BCUT2D eigenvalue weighted by Gasteiger charge is -2.24. The third kappa shape index (κ3) is 2.33. The topological polar surface area (TPSA) is 12.5 Å². The van der Waals surface area contributed by atoms with Gasteiger partial charge in [-0.15, -0.1) is 0 Å². The Morgan fingerprint density at radius 2 is 1.89 bits per heavy atom. The van der Waals surface area contributed by atoms with E-state index in [4.69, 9.17) is 4.84 Å². The number of hydrogen-bond acceptors (Lipinski definition) is 2. The molecule has 0 radical (unpaired) electrons. The molecule has 0 amide bonds. The first kappa shape index (κ1) is 7.03. The molecule has 0 N–H and O–H groups in total. The molecule has 1 aliphatic heterocycles. The van der Waals surface area contributed by atoms with Gasteiger partial charge in [0.15, 0.2) is 0 Å². The summed E-state index contributed by atoms with van der Waals surface area (Å²) in [6.07, 6.45) is 3.99. The van der Waals surface area contributed by atoms with Gasteiger partial charge in [-0.2, -0.15) is 5.06 Å². The minimum Gasteiger partial charge on any atom is -0.299 e. The van der Waals surface area contributed by atoms with Crippen LogP contribution in [0.25, 0.3) is 0 Å². The first-order valence-corrected chi connectivity index (χ1v) is 3.81. The number of hydrogen-bond donors (Lipinski definition) is 0. The summed E-state index contributed by atoms with van der Waals surface area (Å²) in [4.78, 5) is 5.32. The van der Waals surface area contributed by atoms with Crippen LogP contribution in [0.1, 0.15) is 26.2 Å². The highest BCUT2D eigenvalue weighted by molar-refractivity contribution is 4.55. The van der Waals surface area contributed by atoms with Gasteiger partial charge in [-0.3, -0.25) is 4.84 Å². The molecule has 54 valence electrons. The van der Waals surface area contributed by atoms with E-state index in [1.165, 1.54) is 19.3 Å². The second kappa shape index (κ2) is 3.85. The molecule has 1 fully saturated rings. The van der Waals surface area contributed by atoms with E-state index < -0.39 is 0 Å². The Kier molecular flexibility index (Phi) is 3.01. The Labute approximate surface area is 56.8 Å². The predicted octanol–water partition coefficient (Wildman–Crippen LogP) is 1.42. The summed E-state index contributed by atoms with van der Waals surface area (Å²) in [5.41, 5.74) is 0. The van der Waals surface area contributed by atoms with Crippen molar-refractivity contribution >= 4 is 0 Å². The summed E-state index contributed by atoms with van der Waals surface area (Å²) in [7, 11) is 0. The fourth-order valence-corrected chi connectivity index (χ4v) is 1.18. The van der Waals surface area contributed by atoms with E-state index in [1.54, 1.807) is 0 Å². The maximum absolute atomic E-state index is 5.32. The highest BCUT2D eigenvalue weighted by Gasteiger charge is 2.08. The average Bonchev–Trinajstić information content (AvgIpc) is 1.91. The van der Waals surface area contributed by atoms with E-state index in [0.717, 1.165) is 19.7 Å². The zero-order valence-electron chi connectivity index (χ0n) is 6.10. The van der Waals surface area contributed by atoms with Gasteiger partial charge in [0.25, 0.3) is 0 Å². The van der Waals surface area contributed by atoms with Gasteiger partial charge < -0.3 is 0 Å². The van der Waals surface area contributed by atoms with Gasteiger partial charge in [0.1, 0.15) is 0 Å². The van der Waals surface area contributed by atoms with E-state index in [0.29, 0.717) is 0 Å². The molecule has 0 saturated carbocycles. The zero-order chi connectivity index (χ0) is 6.53. The standard InChI is InChI=1S/C7H15NO/c1-2-9-8-6-4-3-5-7-8/h2-7H2,1H3. The van der Waals surface area contributed by atoms with Crippen molar-refractivity contribution in [3.8, 4) is 0 Å². The van der Waals surface area contributed by atoms with E-state index in [1.807, 2.05) is 6.92 Å². The Bertz CT molecular complexity index is 66.6. The molecule has 2 heteroatoms. The lowest BCUT2D eigenvalue weighted by atomic mass is 10.2. The molecule has 0 spiro atoms. The highest BCUT2D eigenvalue weighted by atomic mass is 16.7. The lowest BCUT2D eigenvalue weighted by Crippen LogP contribution is -2.29. The Morgan fingerprint density at radius 1 is 1.22 bits per heavy atom. The van der Waals surface area contributed by atoms with Crippen LogP contribution in [0.5, 0.6) is 0 Å². The Morgan fingerprint density at radius 3 is 2.44 bits per heavy atom. The number of rotatable bonds is 2. The summed E-state index contributed by atoms with van der Waals surface area (Å²) < 4.78 is 0. The molecule has 1 heterocycles. The van der Waals surface area contributed by atoms with E-state index in [2.05, 4.69) is 5.06 Å². The molecule has 1 rings (SSSR count). The van der Waals surface area contributed by atoms with Crippen LogP contribution in [0.4, 0.5) is 0 Å². The van der Waals surface area contributed by atoms with Crippen LogP contribution in [0.15, 0.2) is 0 Å². The van der Waals surface area contributed by atoms with E-state index in [9.17, 15) is 0 Å². The fraction of sp³-hybridized carbons (Fsp3) is 1.00. The van der Waals surface area contributed by atoms with Gasteiger partial charge in [-0.25, -0.2) is 0 Å². The molecule has 0 aromatic rings. The Balaban J connectivity index is 2.08. The largest absolute Gasteiger partial charge is 0.299 e. The summed E-state index contributed by atoms with van der Waals surface area (Å²) in [6, 6.07) is 0. The zero-order valence-corrected chi connectivity index (χ0v) is 6.10. The molecule has 0 aromatic heterocycles. The normalized spacial score (nSPS) is 22.3. The SMILES string of the molecule is CCON1CCCCC1. The third-order valence-corrected chi connectivity index (χ3v) is 1.63. The van der Waals surface area contributed by atoms with Crippen molar-refractivity contribution in [3.05, 3.63) is 0 Å². The van der Waals surface area contributed by atoms with Crippen LogP contribution < -0.4 is 0 Å². The van der Waals surface area contributed by atoms with Crippen LogP contribution in [0, 0.1) is 0 Å². The van der Waals surface area contributed by atoms with Gasteiger partial charge >= 0.3 is 0 Å². The summed E-state index contributed by atoms with van der Waals surface area (Å²) >= 11 is 0. The number of nitrogens with zero attached hydrogens (tertiary/aromatic N) is 1. The molecular formula is C7H15NO. The van der Waals surface area contributed by atoms with Crippen molar-refractivity contribution in [2.75, 3.05) is 19.7 Å². The molecule has 0 bridgehead atoms. The van der Waals surface area contributed by atoms with Crippen LogP contribution in [0.2, 0.25) is 0 Å². The molecule has 9 heavy (non-hydrogen) atoms. The van der Waals surface area contributed by atoms with Crippen LogP contribution >= 0.6 is 0 Å². The molecule has 0 atom stereocenters. The van der Waals surface area contributed by atoms with Crippen LogP contribution in [0.3, 0.4) is 0 Å². The van der Waals surface area contributed by atoms with Gasteiger partial charge in [-0.1, -0.05) is 6.42 Å². The fourth-order valence-electron chi connectivity index (χ4n) is 1.18. The first-order valence-electron chi connectivity index (χ1n) is 3.81. The quantitative estimate of drug-likeness (QED) is 0.559. The average molecular weight is 129 g/mol. The number of piperidine rings is 1. The van der Waals surface area contributed by atoms with Crippen LogP contribution in [-0.4, -0.2) is 24.8 Å². The smallest absolute Gasteiger partial charge is 0.0656 e. The van der Waals surface area contributed by atoms with Crippen molar-refractivity contribution in [2.45, 2.75) is 26.2 Å². The second-order valence-electron chi connectivity index (χ2n) is 2.41. The molecular weight excluding hydrogens is 114 g/mol. The van der Waals surface area contributed by atoms with Gasteiger partial charge in [-0.05, 0) is 19.8 Å². The highest BCUT2D eigenvalue weighted by Crippen LogP contribution is 2.07. The van der Waals surface area contributed by atoms with Crippen LogP contribution in [-0.2, 0) is 4.84 Å². The van der Waals surface area contributed by atoms with Crippen molar-refractivity contribution < 1.29 is 4.84 Å². The monoisotopic (exact) mass is 129 g/mol. The van der Waals surface area contributed by atoms with E-state index in [-0.39, 0.29) is 0 Å². The summed E-state index contributed by atoms with van der Waals surface area (Å²) in [5.74, 6) is 0. The van der Waals surface area contributed by atoms with Gasteiger partial charge in [0, 0.05) is 13.1 Å². The maximum atomic E-state index is 5.32. The number of hydroxylamine groups is 2. The lowest BCUT2D eigenvalue weighted by molar-refractivity contribution is -0.163. The van der Waals surface area contributed by atoms with E-state index >= 15 is 0 Å². The van der Waals surface area contributed by atoms with Crippen molar-refractivity contribution in [1.29, 1.82) is 0 Å². The minimum absolute atomic E-state index is 0.819. The predicted molar refractivity (Wildman–Crippen MR) is 37.0 cm³/mol. The molecule has 0 unspecified atom stereocenters. The van der Waals surface area contributed by atoms with Crippen molar-refractivity contribution in [3.63, 3.8) is 0 Å². The minimum atomic E-state index is 0.819. The van der Waals surface area contributed by atoms with Gasteiger partial charge in [0.05, 0.1) is 6.61 Å². The molecule has 0 aliphatic carbocycles. The van der Waals surface area contributed by atoms with Crippen molar-refractivity contribution in [2.24, 2.45) is 0 Å². The molecule has 0 aromatic carbocycles. The van der Waals surface area contributed by atoms with Crippen molar-refractivity contribution in [1.82, 2.24) is 5.06 Å². The molecule has 1 saturated heterocycles. The van der Waals surface area contributed by atoms with Gasteiger partial charge in [0.2, 0.25) is 0 Å². The second-order valence-corrected chi connectivity index (χ2v) is 2.41. The molecule has 1 aliphatic rings. The third-order valence-electron chi connectivity index (χ3n) is 1.63.